The number of carbonyl (C=O) groups excluding carboxylic acids is 4. The lowest BCUT2D eigenvalue weighted by Gasteiger charge is -2.21. The number of carbonyl (C=O) groups is 4. The minimum Gasteiger partial charge on any atom is -0.462 e. The van der Waals surface area contributed by atoms with Crippen LogP contribution in [0.5, 0.6) is 0 Å². The number of rotatable bonds is 78. The van der Waals surface area contributed by atoms with E-state index in [2.05, 4.69) is 55.4 Å². The number of aliphatic hydroxyl groups excluding tert-OH is 1. The third-order valence-electron chi connectivity index (χ3n) is 19.2. The number of esters is 4. The van der Waals surface area contributed by atoms with Crippen LogP contribution in [0, 0.1) is 23.7 Å². The molecule has 19 heteroatoms. The Morgan fingerprint density at radius 3 is 0.710 bits per heavy atom. The SMILES string of the molecule is CCC(C)CCCCCCCCCCCCCCCCCCCCC(=O)OC[C@H](COP(=O)(O)OCC(O)COP(=O)(O)OC[C@@H](COC(=O)CCCCCCCCCCC(C)C)OC(=O)CCCCCCCCCCCCC(C)C)OC(=O)CCCCCCCCCCCCCC(C)C. The number of unbranched alkanes of at least 4 members (excludes halogenated alkanes) is 43. The van der Waals surface area contributed by atoms with Gasteiger partial charge < -0.3 is 33.8 Å². The first-order valence-electron chi connectivity index (χ1n) is 41.7. The van der Waals surface area contributed by atoms with Gasteiger partial charge in [-0.15, -0.1) is 0 Å². The summed E-state index contributed by atoms with van der Waals surface area (Å²) < 4.78 is 68.7. The number of hydrogen-bond acceptors (Lipinski definition) is 15. The zero-order valence-electron chi connectivity index (χ0n) is 65.8. The molecule has 0 aromatic heterocycles. The van der Waals surface area contributed by atoms with Crippen molar-refractivity contribution in [3.05, 3.63) is 0 Å². The van der Waals surface area contributed by atoms with E-state index in [0.717, 1.165) is 114 Å². The molecule has 3 N–H and O–H groups in total. The second-order valence-corrected chi connectivity index (χ2v) is 33.7. The van der Waals surface area contributed by atoms with E-state index in [4.69, 9.17) is 37.0 Å². The van der Waals surface area contributed by atoms with Crippen molar-refractivity contribution in [2.24, 2.45) is 23.7 Å². The van der Waals surface area contributed by atoms with Crippen LogP contribution < -0.4 is 0 Å². The molecule has 594 valence electrons. The number of aliphatic hydroxyl groups is 1. The van der Waals surface area contributed by atoms with Crippen LogP contribution in [0.15, 0.2) is 0 Å². The Morgan fingerprint density at radius 2 is 0.480 bits per heavy atom. The largest absolute Gasteiger partial charge is 0.472 e. The van der Waals surface area contributed by atoms with E-state index in [9.17, 15) is 43.2 Å². The van der Waals surface area contributed by atoms with Gasteiger partial charge in [-0.25, -0.2) is 9.13 Å². The van der Waals surface area contributed by atoms with Gasteiger partial charge in [-0.2, -0.15) is 0 Å². The Bertz CT molecular complexity index is 1960. The molecule has 4 unspecified atom stereocenters. The van der Waals surface area contributed by atoms with Gasteiger partial charge in [-0.05, 0) is 49.4 Å². The second kappa shape index (κ2) is 70.1. The molecule has 0 aliphatic heterocycles. The summed E-state index contributed by atoms with van der Waals surface area (Å²) in [7, 11) is -9.92. The van der Waals surface area contributed by atoms with Gasteiger partial charge in [0.1, 0.15) is 19.3 Å². The zero-order chi connectivity index (χ0) is 73.8. The molecule has 0 radical (unpaired) electrons. The highest BCUT2D eigenvalue weighted by Crippen LogP contribution is 2.45. The molecule has 0 amide bonds. The highest BCUT2D eigenvalue weighted by molar-refractivity contribution is 7.47. The van der Waals surface area contributed by atoms with Crippen molar-refractivity contribution in [1.82, 2.24) is 0 Å². The molecule has 17 nitrogen and oxygen atoms in total. The van der Waals surface area contributed by atoms with E-state index >= 15 is 0 Å². The van der Waals surface area contributed by atoms with Gasteiger partial charge in [0.25, 0.3) is 0 Å². The fourth-order valence-corrected chi connectivity index (χ4v) is 14.0. The summed E-state index contributed by atoms with van der Waals surface area (Å²) in [5.41, 5.74) is 0. The van der Waals surface area contributed by atoms with Gasteiger partial charge in [0, 0.05) is 25.7 Å². The first kappa shape index (κ1) is 98.1. The van der Waals surface area contributed by atoms with E-state index in [0.29, 0.717) is 25.7 Å². The summed E-state index contributed by atoms with van der Waals surface area (Å²) >= 11 is 0. The van der Waals surface area contributed by atoms with Crippen LogP contribution in [0.4, 0.5) is 0 Å². The number of phosphoric acid groups is 2. The van der Waals surface area contributed by atoms with Crippen molar-refractivity contribution in [2.75, 3.05) is 39.6 Å². The van der Waals surface area contributed by atoms with Crippen molar-refractivity contribution in [2.45, 2.75) is 433 Å². The summed E-state index contributed by atoms with van der Waals surface area (Å²) in [6, 6.07) is 0. The van der Waals surface area contributed by atoms with Crippen molar-refractivity contribution < 1.29 is 80.2 Å². The maximum Gasteiger partial charge on any atom is 0.472 e. The molecule has 0 aliphatic rings. The molecule has 100 heavy (non-hydrogen) atoms. The smallest absolute Gasteiger partial charge is 0.462 e. The van der Waals surface area contributed by atoms with Crippen molar-refractivity contribution in [1.29, 1.82) is 0 Å². The maximum atomic E-state index is 13.1. The maximum absolute atomic E-state index is 13.1. The number of phosphoric ester groups is 2. The Morgan fingerprint density at radius 1 is 0.280 bits per heavy atom. The summed E-state index contributed by atoms with van der Waals surface area (Å²) in [6.45, 7) is 14.3. The lowest BCUT2D eigenvalue weighted by Crippen LogP contribution is -2.30. The minimum atomic E-state index is -4.96. The highest BCUT2D eigenvalue weighted by Gasteiger charge is 2.30. The normalized spacial score (nSPS) is 14.3. The molecule has 0 fully saturated rings. The fourth-order valence-electron chi connectivity index (χ4n) is 12.4. The topological polar surface area (TPSA) is 237 Å². The first-order valence-corrected chi connectivity index (χ1v) is 44.7. The average molecular weight is 1470 g/mol. The zero-order valence-corrected chi connectivity index (χ0v) is 67.6. The van der Waals surface area contributed by atoms with Crippen molar-refractivity contribution >= 4 is 39.5 Å². The van der Waals surface area contributed by atoms with Crippen LogP contribution in [0.25, 0.3) is 0 Å². The fraction of sp³-hybridized carbons (Fsp3) is 0.951. The molecule has 0 aromatic rings. The molecule has 0 saturated carbocycles. The Labute approximate surface area is 613 Å². The summed E-state index contributed by atoms with van der Waals surface area (Å²) in [5.74, 6) is 1.00. The predicted molar refractivity (Wildman–Crippen MR) is 409 cm³/mol. The minimum absolute atomic E-state index is 0.105. The molecule has 0 rings (SSSR count). The standard InChI is InChI=1S/C81H158O17P2/c1-9-74(8)60-52-44-36-27-20-16-14-12-10-11-13-15-17-21-28-37-45-53-61-78(83)91-67-76(97-80(85)63-55-47-39-29-22-18-19-25-33-41-49-57-71(2)3)69-95-99(87,88)93-65-75(82)66-94-100(89,90)96-70-77(68-92-79(84)62-54-46-38-32-31-35-43-51-59-73(6)7)98-81(86)64-56-48-40-30-24-23-26-34-42-50-58-72(4)5/h71-77,82H,9-70H2,1-8H3,(H,87,88)(H,89,90)/t74?,75?,76-,77-/m1/s1. The lowest BCUT2D eigenvalue weighted by atomic mass is 9.99. The molecular weight excluding hydrogens is 1310 g/mol. The van der Waals surface area contributed by atoms with Crippen LogP contribution in [0.2, 0.25) is 0 Å². The second-order valence-electron chi connectivity index (χ2n) is 30.8. The van der Waals surface area contributed by atoms with E-state index in [1.165, 1.54) is 218 Å². The van der Waals surface area contributed by atoms with Gasteiger partial charge >= 0.3 is 39.5 Å². The van der Waals surface area contributed by atoms with Gasteiger partial charge in [-0.1, -0.05) is 364 Å². The molecule has 0 spiro atoms. The average Bonchev–Trinajstić information content (AvgIpc) is 0.924. The molecule has 0 aromatic carbocycles. The van der Waals surface area contributed by atoms with E-state index < -0.39 is 97.5 Å². The van der Waals surface area contributed by atoms with Crippen LogP contribution in [0.3, 0.4) is 0 Å². The van der Waals surface area contributed by atoms with E-state index in [1.807, 2.05) is 0 Å². The molecule has 0 heterocycles. The third kappa shape index (κ3) is 73.0. The lowest BCUT2D eigenvalue weighted by molar-refractivity contribution is -0.161. The highest BCUT2D eigenvalue weighted by atomic mass is 31.2. The Hall–Kier alpha value is -1.94. The third-order valence-corrected chi connectivity index (χ3v) is 21.1. The first-order chi connectivity index (χ1) is 48.1. The molecule has 0 aliphatic carbocycles. The summed E-state index contributed by atoms with van der Waals surface area (Å²) in [6.07, 6.45) is 57.0. The van der Waals surface area contributed by atoms with Crippen molar-refractivity contribution in [3.8, 4) is 0 Å². The quantitative estimate of drug-likeness (QED) is 0.0222. The van der Waals surface area contributed by atoms with Crippen LogP contribution in [-0.2, 0) is 65.4 Å². The van der Waals surface area contributed by atoms with Gasteiger partial charge in [-0.3, -0.25) is 37.3 Å². The predicted octanol–water partition coefficient (Wildman–Crippen LogP) is 24.0. The Kier molecular flexibility index (Phi) is 68.7. The van der Waals surface area contributed by atoms with Gasteiger partial charge in [0.05, 0.1) is 26.4 Å². The van der Waals surface area contributed by atoms with Crippen LogP contribution in [0.1, 0.15) is 415 Å². The Balaban J connectivity index is 5.20. The molecule has 0 saturated heterocycles. The summed E-state index contributed by atoms with van der Waals surface area (Å²) in [4.78, 5) is 73.0. The summed E-state index contributed by atoms with van der Waals surface area (Å²) in [5, 5.41) is 10.6. The van der Waals surface area contributed by atoms with E-state index in [1.54, 1.807) is 0 Å². The van der Waals surface area contributed by atoms with Crippen LogP contribution >= 0.6 is 15.6 Å². The van der Waals surface area contributed by atoms with Crippen molar-refractivity contribution in [3.63, 3.8) is 0 Å². The number of ether oxygens (including phenoxy) is 4. The number of hydrogen-bond donors (Lipinski definition) is 3. The monoisotopic (exact) mass is 1470 g/mol. The van der Waals surface area contributed by atoms with Gasteiger partial charge in [0.15, 0.2) is 12.2 Å². The van der Waals surface area contributed by atoms with Gasteiger partial charge in [0.2, 0.25) is 0 Å². The van der Waals surface area contributed by atoms with Crippen LogP contribution in [-0.4, -0.2) is 96.7 Å². The molecule has 0 bridgehead atoms. The molecule has 6 atom stereocenters. The van der Waals surface area contributed by atoms with E-state index in [-0.39, 0.29) is 25.7 Å². The molecular formula is C81H158O17P2.